The summed E-state index contributed by atoms with van der Waals surface area (Å²) in [5.41, 5.74) is 2.77. The number of hydrogen-bond donors (Lipinski definition) is 1. The lowest BCUT2D eigenvalue weighted by molar-refractivity contribution is 0.267. The Bertz CT molecular complexity index is 411. The van der Waals surface area contributed by atoms with E-state index in [1.165, 1.54) is 24.0 Å². The third kappa shape index (κ3) is 1.89. The Morgan fingerprint density at radius 2 is 2.29 bits per heavy atom. The summed E-state index contributed by atoms with van der Waals surface area (Å²) in [4.78, 5) is 0. The van der Waals surface area contributed by atoms with Gasteiger partial charge in [-0.15, -0.1) is 0 Å². The molecule has 1 fully saturated rings. The molecule has 2 aliphatic heterocycles. The molecule has 0 radical (unpaired) electrons. The van der Waals surface area contributed by atoms with Gasteiger partial charge in [0.15, 0.2) is 11.5 Å². The molecule has 0 aliphatic carbocycles. The number of benzene rings is 1. The lowest BCUT2D eigenvalue weighted by atomic mass is 9.93. The Kier molecular flexibility index (Phi) is 2.93. The maximum Gasteiger partial charge on any atom is 0.164 e. The highest BCUT2D eigenvalue weighted by Gasteiger charge is 2.25. The molecule has 2 aliphatic rings. The highest BCUT2D eigenvalue weighted by atomic mass is 16.5. The van der Waals surface area contributed by atoms with Crippen LogP contribution in [0.2, 0.25) is 0 Å². The Hall–Kier alpha value is -1.22. The van der Waals surface area contributed by atoms with E-state index in [4.69, 9.17) is 9.47 Å². The van der Waals surface area contributed by atoms with Crippen molar-refractivity contribution in [1.29, 1.82) is 0 Å². The van der Waals surface area contributed by atoms with Crippen molar-refractivity contribution < 1.29 is 9.47 Å². The lowest BCUT2D eigenvalue weighted by Gasteiger charge is -2.25. The number of rotatable bonds is 2. The predicted molar refractivity (Wildman–Crippen MR) is 66.8 cm³/mol. The minimum absolute atomic E-state index is 0.511. The Morgan fingerprint density at radius 3 is 3.06 bits per heavy atom. The molecule has 1 saturated heterocycles. The van der Waals surface area contributed by atoms with Gasteiger partial charge in [-0.25, -0.2) is 0 Å². The highest BCUT2D eigenvalue weighted by molar-refractivity contribution is 5.52. The minimum Gasteiger partial charge on any atom is -0.493 e. The monoisotopic (exact) mass is 233 g/mol. The van der Waals surface area contributed by atoms with Gasteiger partial charge in [-0.1, -0.05) is 6.07 Å². The fraction of sp³-hybridized carbons (Fsp3) is 0.571. The van der Waals surface area contributed by atoms with Crippen molar-refractivity contribution in [2.24, 2.45) is 0 Å². The summed E-state index contributed by atoms with van der Waals surface area (Å²) in [5.74, 6) is 1.85. The van der Waals surface area contributed by atoms with Gasteiger partial charge in [-0.05, 0) is 43.9 Å². The van der Waals surface area contributed by atoms with Crippen LogP contribution < -0.4 is 14.8 Å². The van der Waals surface area contributed by atoms with Gasteiger partial charge in [-0.2, -0.15) is 0 Å². The van der Waals surface area contributed by atoms with Crippen molar-refractivity contribution in [3.8, 4) is 11.5 Å². The van der Waals surface area contributed by atoms with Gasteiger partial charge in [0.05, 0.1) is 13.7 Å². The molecule has 92 valence electrons. The molecular formula is C14H19NO2. The molecule has 0 spiro atoms. The topological polar surface area (TPSA) is 30.5 Å². The first-order valence-corrected chi connectivity index (χ1v) is 6.46. The zero-order valence-corrected chi connectivity index (χ0v) is 10.3. The van der Waals surface area contributed by atoms with Crippen LogP contribution in [0.5, 0.6) is 11.5 Å². The fourth-order valence-electron chi connectivity index (χ4n) is 2.90. The molecule has 1 aromatic carbocycles. The van der Waals surface area contributed by atoms with E-state index in [9.17, 15) is 0 Å². The third-order valence-electron chi connectivity index (χ3n) is 3.73. The minimum atomic E-state index is 0.511. The number of fused-ring (bicyclic) bond motifs is 1. The summed E-state index contributed by atoms with van der Waals surface area (Å²) in [6.07, 6.45) is 4.73. The van der Waals surface area contributed by atoms with E-state index >= 15 is 0 Å². The maximum absolute atomic E-state index is 5.79. The molecule has 2 heterocycles. The SMILES string of the molecule is COc1ccc([C@@H]2CCCN2)c2c1OCCC2. The zero-order valence-electron chi connectivity index (χ0n) is 10.3. The van der Waals surface area contributed by atoms with Crippen LogP contribution in [0.4, 0.5) is 0 Å². The number of hydrogen-bond acceptors (Lipinski definition) is 3. The number of ether oxygens (including phenoxy) is 2. The molecule has 3 rings (SSSR count). The second-order valence-electron chi connectivity index (χ2n) is 4.77. The van der Waals surface area contributed by atoms with Crippen LogP contribution in [0.3, 0.4) is 0 Å². The average molecular weight is 233 g/mol. The highest BCUT2D eigenvalue weighted by Crippen LogP contribution is 2.40. The first-order chi connectivity index (χ1) is 8.40. The van der Waals surface area contributed by atoms with Crippen LogP contribution in [0.1, 0.15) is 36.4 Å². The van der Waals surface area contributed by atoms with Crippen molar-refractivity contribution in [1.82, 2.24) is 5.32 Å². The molecule has 1 aromatic rings. The summed E-state index contributed by atoms with van der Waals surface area (Å²) in [5, 5.41) is 3.56. The van der Waals surface area contributed by atoms with Crippen molar-refractivity contribution in [3.05, 3.63) is 23.3 Å². The lowest BCUT2D eigenvalue weighted by Crippen LogP contribution is -2.18. The standard InChI is InChI=1S/C14H19NO2/c1-16-13-7-6-10(12-5-2-8-15-12)11-4-3-9-17-14(11)13/h6-7,12,15H,2-5,8-9H2,1H3/t12-/m0/s1. The number of nitrogens with one attached hydrogen (secondary N) is 1. The predicted octanol–water partition coefficient (Wildman–Crippen LogP) is 2.44. The summed E-state index contributed by atoms with van der Waals surface area (Å²) in [6.45, 7) is 1.94. The third-order valence-corrected chi connectivity index (χ3v) is 3.73. The normalized spacial score (nSPS) is 23.0. The summed E-state index contributed by atoms with van der Waals surface area (Å²) < 4.78 is 11.2. The van der Waals surface area contributed by atoms with Gasteiger partial charge in [-0.3, -0.25) is 0 Å². The Balaban J connectivity index is 2.03. The van der Waals surface area contributed by atoms with Gasteiger partial charge >= 0.3 is 0 Å². The summed E-state index contributed by atoms with van der Waals surface area (Å²) >= 11 is 0. The van der Waals surface area contributed by atoms with Crippen LogP contribution in [0.15, 0.2) is 12.1 Å². The Labute approximate surface area is 102 Å². The van der Waals surface area contributed by atoms with E-state index in [2.05, 4.69) is 11.4 Å². The van der Waals surface area contributed by atoms with E-state index in [1.807, 2.05) is 6.07 Å². The van der Waals surface area contributed by atoms with E-state index in [0.717, 1.165) is 37.5 Å². The summed E-state index contributed by atoms with van der Waals surface area (Å²) in [6, 6.07) is 4.76. The van der Waals surface area contributed by atoms with Gasteiger partial charge in [0.25, 0.3) is 0 Å². The van der Waals surface area contributed by atoms with Crippen LogP contribution >= 0.6 is 0 Å². The first kappa shape index (κ1) is 10.9. The molecule has 3 nitrogen and oxygen atoms in total. The Morgan fingerprint density at radius 1 is 1.35 bits per heavy atom. The number of methoxy groups -OCH3 is 1. The van der Waals surface area contributed by atoms with Crippen molar-refractivity contribution in [3.63, 3.8) is 0 Å². The van der Waals surface area contributed by atoms with Crippen LogP contribution in [-0.4, -0.2) is 20.3 Å². The molecule has 0 amide bonds. The van der Waals surface area contributed by atoms with Crippen molar-refractivity contribution >= 4 is 0 Å². The van der Waals surface area contributed by atoms with Crippen LogP contribution in [-0.2, 0) is 6.42 Å². The molecule has 0 bridgehead atoms. The molecule has 1 N–H and O–H groups in total. The van der Waals surface area contributed by atoms with Crippen LogP contribution in [0, 0.1) is 0 Å². The first-order valence-electron chi connectivity index (χ1n) is 6.46. The van der Waals surface area contributed by atoms with Crippen molar-refractivity contribution in [2.75, 3.05) is 20.3 Å². The van der Waals surface area contributed by atoms with E-state index in [0.29, 0.717) is 6.04 Å². The molecule has 1 atom stereocenters. The van der Waals surface area contributed by atoms with E-state index in [1.54, 1.807) is 7.11 Å². The fourth-order valence-corrected chi connectivity index (χ4v) is 2.90. The molecule has 0 aromatic heterocycles. The van der Waals surface area contributed by atoms with E-state index in [-0.39, 0.29) is 0 Å². The molecular weight excluding hydrogens is 214 g/mol. The quantitative estimate of drug-likeness (QED) is 0.851. The second kappa shape index (κ2) is 4.57. The van der Waals surface area contributed by atoms with Gasteiger partial charge < -0.3 is 14.8 Å². The second-order valence-corrected chi connectivity index (χ2v) is 4.77. The molecule has 0 unspecified atom stereocenters. The zero-order chi connectivity index (χ0) is 11.7. The maximum atomic E-state index is 5.79. The van der Waals surface area contributed by atoms with Gasteiger partial charge in [0.2, 0.25) is 0 Å². The smallest absolute Gasteiger partial charge is 0.164 e. The molecule has 3 heteroatoms. The molecule has 0 saturated carbocycles. The largest absolute Gasteiger partial charge is 0.493 e. The van der Waals surface area contributed by atoms with Crippen LogP contribution in [0.25, 0.3) is 0 Å². The van der Waals surface area contributed by atoms with E-state index < -0.39 is 0 Å². The van der Waals surface area contributed by atoms with Gasteiger partial charge in [0, 0.05) is 11.6 Å². The van der Waals surface area contributed by atoms with Crippen molar-refractivity contribution in [2.45, 2.75) is 31.7 Å². The molecule has 17 heavy (non-hydrogen) atoms. The average Bonchev–Trinajstić information content (AvgIpc) is 2.91. The van der Waals surface area contributed by atoms with Gasteiger partial charge in [0.1, 0.15) is 0 Å². The summed E-state index contributed by atoms with van der Waals surface area (Å²) in [7, 11) is 1.71.